The van der Waals surface area contributed by atoms with Crippen LogP contribution in [-0.2, 0) is 10.8 Å². The monoisotopic (exact) mass is 276 g/mol. The normalized spacial score (nSPS) is 12.7. The van der Waals surface area contributed by atoms with E-state index in [9.17, 15) is 0 Å². The van der Waals surface area contributed by atoms with Crippen LogP contribution < -0.4 is 11.5 Å². The van der Waals surface area contributed by atoms with Gasteiger partial charge in [0.1, 0.15) is 0 Å². The lowest BCUT2D eigenvalue weighted by molar-refractivity contribution is 0.456. The maximum atomic E-state index is 5.63. The summed E-state index contributed by atoms with van der Waals surface area (Å²) in [5, 5.41) is 0. The Morgan fingerprint density at radius 1 is 0.700 bits per heavy atom. The van der Waals surface area contributed by atoms with Gasteiger partial charge in [0.05, 0.1) is 0 Å². The van der Waals surface area contributed by atoms with Gasteiger partial charge in [-0.3, -0.25) is 0 Å². The molecule has 20 heavy (non-hydrogen) atoms. The Labute approximate surface area is 124 Å². The summed E-state index contributed by atoms with van der Waals surface area (Å²) >= 11 is 0. The van der Waals surface area contributed by atoms with Crippen molar-refractivity contribution in [3.8, 4) is 0 Å². The Kier molecular flexibility index (Phi) is 6.22. The molecule has 2 heteroatoms. The maximum absolute atomic E-state index is 5.63. The lowest BCUT2D eigenvalue weighted by Crippen LogP contribution is -2.21. The standard InChI is InChI=1S/C18H32N2/c1-17(2,11-5-13-19)15-7-9-16(10-8-15)18(3,4)12-6-14-20/h7-10H,5-6,11-14,19-20H2,1-4H3. The largest absolute Gasteiger partial charge is 0.330 e. The molecule has 0 spiro atoms. The van der Waals surface area contributed by atoms with Gasteiger partial charge >= 0.3 is 0 Å². The molecule has 2 nitrogen and oxygen atoms in total. The summed E-state index contributed by atoms with van der Waals surface area (Å²) in [6.07, 6.45) is 4.44. The molecule has 0 bridgehead atoms. The van der Waals surface area contributed by atoms with Gasteiger partial charge in [0.25, 0.3) is 0 Å². The van der Waals surface area contributed by atoms with Gasteiger partial charge < -0.3 is 11.5 Å². The molecular weight excluding hydrogens is 244 g/mol. The Morgan fingerprint density at radius 2 is 1.00 bits per heavy atom. The molecule has 114 valence electrons. The van der Waals surface area contributed by atoms with E-state index in [1.54, 1.807) is 0 Å². The van der Waals surface area contributed by atoms with Crippen LogP contribution in [-0.4, -0.2) is 13.1 Å². The van der Waals surface area contributed by atoms with Gasteiger partial charge in [-0.15, -0.1) is 0 Å². The van der Waals surface area contributed by atoms with Gasteiger partial charge in [-0.1, -0.05) is 52.0 Å². The summed E-state index contributed by atoms with van der Waals surface area (Å²) in [7, 11) is 0. The summed E-state index contributed by atoms with van der Waals surface area (Å²) in [6, 6.07) is 9.15. The van der Waals surface area contributed by atoms with E-state index in [-0.39, 0.29) is 10.8 Å². The van der Waals surface area contributed by atoms with Crippen molar-refractivity contribution in [3.05, 3.63) is 35.4 Å². The van der Waals surface area contributed by atoms with Crippen molar-refractivity contribution in [2.24, 2.45) is 11.5 Å². The molecule has 0 aliphatic carbocycles. The third-order valence-electron chi connectivity index (χ3n) is 4.46. The molecule has 1 rings (SSSR count). The minimum Gasteiger partial charge on any atom is -0.330 e. The number of hydrogen-bond acceptors (Lipinski definition) is 2. The summed E-state index contributed by atoms with van der Waals surface area (Å²) < 4.78 is 0. The van der Waals surface area contributed by atoms with Crippen LogP contribution in [0.1, 0.15) is 64.5 Å². The Balaban J connectivity index is 2.82. The van der Waals surface area contributed by atoms with Crippen molar-refractivity contribution >= 4 is 0 Å². The first-order valence-electron chi connectivity index (χ1n) is 7.84. The number of benzene rings is 1. The minimum absolute atomic E-state index is 0.208. The molecule has 0 radical (unpaired) electrons. The Bertz CT molecular complexity index is 351. The fourth-order valence-electron chi connectivity index (χ4n) is 2.75. The number of hydrogen-bond donors (Lipinski definition) is 2. The van der Waals surface area contributed by atoms with E-state index < -0.39 is 0 Å². The van der Waals surface area contributed by atoms with Crippen LogP contribution in [0, 0.1) is 0 Å². The second-order valence-corrected chi connectivity index (χ2v) is 7.13. The Hall–Kier alpha value is -0.860. The predicted octanol–water partition coefficient (Wildman–Crippen LogP) is 3.72. The molecule has 4 N–H and O–H groups in total. The fourth-order valence-corrected chi connectivity index (χ4v) is 2.75. The van der Waals surface area contributed by atoms with E-state index in [0.29, 0.717) is 0 Å². The zero-order valence-corrected chi connectivity index (χ0v) is 13.7. The van der Waals surface area contributed by atoms with E-state index in [1.165, 1.54) is 11.1 Å². The molecule has 0 aromatic heterocycles. The maximum Gasteiger partial charge on any atom is -0.00770 e. The third-order valence-corrected chi connectivity index (χ3v) is 4.46. The SMILES string of the molecule is CC(C)(CCCN)c1ccc(C(C)(C)CCCN)cc1. The average molecular weight is 276 g/mol. The molecule has 0 fully saturated rings. The van der Waals surface area contributed by atoms with E-state index in [2.05, 4.69) is 52.0 Å². The summed E-state index contributed by atoms with van der Waals surface area (Å²) in [5.74, 6) is 0. The highest BCUT2D eigenvalue weighted by Crippen LogP contribution is 2.32. The van der Waals surface area contributed by atoms with Gasteiger partial charge in [0.15, 0.2) is 0 Å². The minimum atomic E-state index is 0.208. The van der Waals surface area contributed by atoms with Crippen molar-refractivity contribution in [2.75, 3.05) is 13.1 Å². The second kappa shape index (κ2) is 7.24. The number of rotatable bonds is 8. The summed E-state index contributed by atoms with van der Waals surface area (Å²) in [6.45, 7) is 10.8. The molecular formula is C18H32N2. The molecule has 0 atom stereocenters. The van der Waals surface area contributed by atoms with Crippen LogP contribution in [0.2, 0.25) is 0 Å². The van der Waals surface area contributed by atoms with Crippen LogP contribution in [0.15, 0.2) is 24.3 Å². The molecule has 1 aromatic carbocycles. The van der Waals surface area contributed by atoms with E-state index in [0.717, 1.165) is 38.8 Å². The van der Waals surface area contributed by atoms with Crippen LogP contribution in [0.4, 0.5) is 0 Å². The first kappa shape index (κ1) is 17.2. The average Bonchev–Trinajstić information content (AvgIpc) is 2.43. The van der Waals surface area contributed by atoms with Crippen molar-refractivity contribution in [2.45, 2.75) is 64.2 Å². The van der Waals surface area contributed by atoms with Crippen LogP contribution in [0.3, 0.4) is 0 Å². The van der Waals surface area contributed by atoms with Crippen LogP contribution in [0.25, 0.3) is 0 Å². The molecule has 0 unspecified atom stereocenters. The molecule has 0 saturated heterocycles. The molecule has 0 aliphatic rings. The molecule has 0 amide bonds. The molecule has 0 saturated carbocycles. The van der Waals surface area contributed by atoms with Crippen molar-refractivity contribution in [1.29, 1.82) is 0 Å². The van der Waals surface area contributed by atoms with Crippen LogP contribution >= 0.6 is 0 Å². The van der Waals surface area contributed by atoms with Crippen molar-refractivity contribution in [1.82, 2.24) is 0 Å². The van der Waals surface area contributed by atoms with E-state index >= 15 is 0 Å². The molecule has 1 aromatic rings. The smallest absolute Gasteiger partial charge is 0.00770 e. The second-order valence-electron chi connectivity index (χ2n) is 7.13. The van der Waals surface area contributed by atoms with E-state index in [1.807, 2.05) is 0 Å². The summed E-state index contributed by atoms with van der Waals surface area (Å²) in [5.41, 5.74) is 14.5. The van der Waals surface area contributed by atoms with Gasteiger partial charge in [0.2, 0.25) is 0 Å². The fraction of sp³-hybridized carbons (Fsp3) is 0.667. The van der Waals surface area contributed by atoms with E-state index in [4.69, 9.17) is 11.5 Å². The van der Waals surface area contributed by atoms with Crippen molar-refractivity contribution in [3.63, 3.8) is 0 Å². The van der Waals surface area contributed by atoms with Crippen molar-refractivity contribution < 1.29 is 0 Å². The molecule has 0 aliphatic heterocycles. The zero-order valence-electron chi connectivity index (χ0n) is 13.7. The highest BCUT2D eigenvalue weighted by Gasteiger charge is 2.23. The third kappa shape index (κ3) is 4.60. The molecule has 0 heterocycles. The van der Waals surface area contributed by atoms with Crippen LogP contribution in [0.5, 0.6) is 0 Å². The topological polar surface area (TPSA) is 52.0 Å². The highest BCUT2D eigenvalue weighted by atomic mass is 14.5. The predicted molar refractivity (Wildman–Crippen MR) is 89.1 cm³/mol. The zero-order chi connectivity index (χ0) is 15.2. The highest BCUT2D eigenvalue weighted by molar-refractivity contribution is 5.31. The quantitative estimate of drug-likeness (QED) is 0.760. The first-order chi connectivity index (χ1) is 9.33. The Morgan fingerprint density at radius 3 is 1.25 bits per heavy atom. The lowest BCUT2D eigenvalue weighted by atomic mass is 9.77. The number of nitrogens with two attached hydrogens (primary N) is 2. The van der Waals surface area contributed by atoms with Gasteiger partial charge in [-0.2, -0.15) is 0 Å². The van der Waals surface area contributed by atoms with Gasteiger partial charge in [-0.05, 0) is 60.7 Å². The first-order valence-corrected chi connectivity index (χ1v) is 7.84. The summed E-state index contributed by atoms with van der Waals surface area (Å²) in [4.78, 5) is 0. The lowest BCUT2D eigenvalue weighted by Gasteiger charge is -2.28. The van der Waals surface area contributed by atoms with Gasteiger partial charge in [0, 0.05) is 0 Å². The van der Waals surface area contributed by atoms with Gasteiger partial charge in [-0.25, -0.2) is 0 Å².